The first kappa shape index (κ1) is 14.5. The second kappa shape index (κ2) is 5.24. The lowest BCUT2D eigenvalue weighted by atomic mass is 10.3. The number of H-pyrrole nitrogens is 1. The molecular weight excluding hydrogens is 278 g/mol. The number of aromatic amines is 1. The summed E-state index contributed by atoms with van der Waals surface area (Å²) in [6.07, 6.45) is 1.04. The van der Waals surface area contributed by atoms with Gasteiger partial charge in [-0.2, -0.15) is 0 Å². The number of imidazole rings is 1. The number of hydrogen-bond donors (Lipinski definition) is 2. The molecule has 2 N–H and O–H groups in total. The van der Waals surface area contributed by atoms with Gasteiger partial charge in [0.1, 0.15) is 11.1 Å². The third-order valence-electron chi connectivity index (χ3n) is 3.19. The highest BCUT2D eigenvalue weighted by atomic mass is 32.2. The van der Waals surface area contributed by atoms with Crippen molar-refractivity contribution in [3.05, 3.63) is 30.1 Å². The van der Waals surface area contributed by atoms with Crippen LogP contribution < -0.4 is 5.32 Å². The van der Waals surface area contributed by atoms with Crippen LogP contribution in [0.1, 0.15) is 25.7 Å². The molecule has 0 aliphatic heterocycles. The molecule has 1 aromatic carbocycles. The molecule has 1 aromatic heterocycles. The van der Waals surface area contributed by atoms with Crippen LogP contribution in [0.15, 0.2) is 24.3 Å². The van der Waals surface area contributed by atoms with E-state index in [2.05, 4.69) is 15.3 Å². The number of hydrogen-bond acceptors (Lipinski definition) is 4. The van der Waals surface area contributed by atoms with E-state index in [4.69, 9.17) is 0 Å². The van der Waals surface area contributed by atoms with Crippen LogP contribution in [-0.2, 0) is 14.6 Å². The highest BCUT2D eigenvalue weighted by Gasteiger charge is 2.25. The zero-order chi connectivity index (χ0) is 14.9. The Morgan fingerprint density at radius 3 is 2.55 bits per heavy atom. The van der Waals surface area contributed by atoms with Crippen molar-refractivity contribution >= 4 is 26.8 Å². The molecule has 2 unspecified atom stereocenters. The third kappa shape index (κ3) is 2.98. The standard InChI is InChI=1S/C13H17N3O3S/c1-8(14-13(17)9(2)20(3,18)19)12-15-10-6-4-5-7-11(10)16-12/h4-9H,1-3H3,(H,14,17)(H,15,16). The van der Waals surface area contributed by atoms with Crippen LogP contribution in [0.2, 0.25) is 0 Å². The lowest BCUT2D eigenvalue weighted by molar-refractivity contribution is -0.121. The summed E-state index contributed by atoms with van der Waals surface area (Å²) in [6, 6.07) is 7.13. The lowest BCUT2D eigenvalue weighted by Crippen LogP contribution is -2.38. The van der Waals surface area contributed by atoms with Crippen molar-refractivity contribution in [1.82, 2.24) is 15.3 Å². The third-order valence-corrected chi connectivity index (χ3v) is 4.69. The van der Waals surface area contributed by atoms with E-state index >= 15 is 0 Å². The maximum atomic E-state index is 11.9. The molecular formula is C13H17N3O3S. The fraction of sp³-hybridized carbons (Fsp3) is 0.385. The lowest BCUT2D eigenvalue weighted by Gasteiger charge is -2.14. The summed E-state index contributed by atoms with van der Waals surface area (Å²) in [7, 11) is -3.40. The summed E-state index contributed by atoms with van der Waals surface area (Å²) in [5, 5.41) is 1.58. The zero-order valence-electron chi connectivity index (χ0n) is 11.5. The van der Waals surface area contributed by atoms with E-state index in [-0.39, 0.29) is 6.04 Å². The van der Waals surface area contributed by atoms with Gasteiger partial charge in [-0.1, -0.05) is 12.1 Å². The quantitative estimate of drug-likeness (QED) is 0.885. The number of nitrogens with zero attached hydrogens (tertiary/aromatic N) is 1. The Hall–Kier alpha value is -1.89. The normalized spacial score (nSPS) is 14.9. The Morgan fingerprint density at radius 2 is 1.95 bits per heavy atom. The molecule has 6 nitrogen and oxygen atoms in total. The van der Waals surface area contributed by atoms with Crippen LogP contribution in [0.5, 0.6) is 0 Å². The molecule has 0 fully saturated rings. The molecule has 1 amide bonds. The molecule has 0 saturated carbocycles. The Morgan fingerprint density at radius 1 is 1.30 bits per heavy atom. The summed E-state index contributed by atoms with van der Waals surface area (Å²) in [5.74, 6) is 0.0701. The molecule has 0 aliphatic carbocycles. The van der Waals surface area contributed by atoms with Crippen LogP contribution in [0.4, 0.5) is 0 Å². The number of amides is 1. The van der Waals surface area contributed by atoms with Gasteiger partial charge in [-0.25, -0.2) is 13.4 Å². The predicted molar refractivity (Wildman–Crippen MR) is 77.0 cm³/mol. The van der Waals surface area contributed by atoms with Crippen molar-refractivity contribution in [1.29, 1.82) is 0 Å². The van der Waals surface area contributed by atoms with E-state index in [1.54, 1.807) is 6.92 Å². The largest absolute Gasteiger partial charge is 0.345 e. The second-order valence-corrected chi connectivity index (χ2v) is 7.21. The second-order valence-electron chi connectivity index (χ2n) is 4.84. The summed E-state index contributed by atoms with van der Waals surface area (Å²) < 4.78 is 22.7. The molecule has 0 spiro atoms. The SMILES string of the molecule is CC(NC(=O)C(C)S(C)(=O)=O)c1nc2ccccc2[nH]1. The summed E-state index contributed by atoms with van der Waals surface area (Å²) in [6.45, 7) is 3.13. The first-order valence-electron chi connectivity index (χ1n) is 6.23. The van der Waals surface area contributed by atoms with Crippen molar-refractivity contribution in [2.45, 2.75) is 25.1 Å². The van der Waals surface area contributed by atoms with E-state index in [9.17, 15) is 13.2 Å². The van der Waals surface area contributed by atoms with Gasteiger partial charge in [0.05, 0.1) is 17.1 Å². The number of carbonyl (C=O) groups is 1. The smallest absolute Gasteiger partial charge is 0.238 e. The fourth-order valence-corrected chi connectivity index (χ4v) is 2.23. The molecule has 0 saturated heterocycles. The highest BCUT2D eigenvalue weighted by molar-refractivity contribution is 7.92. The monoisotopic (exact) mass is 295 g/mol. The van der Waals surface area contributed by atoms with Gasteiger partial charge in [-0.3, -0.25) is 4.79 Å². The van der Waals surface area contributed by atoms with E-state index in [1.165, 1.54) is 6.92 Å². The van der Waals surface area contributed by atoms with Crippen molar-refractivity contribution in [3.8, 4) is 0 Å². The fourth-order valence-electron chi connectivity index (χ4n) is 1.77. The van der Waals surface area contributed by atoms with Gasteiger partial charge in [-0.05, 0) is 26.0 Å². The van der Waals surface area contributed by atoms with E-state index < -0.39 is 21.0 Å². The molecule has 1 heterocycles. The van der Waals surface area contributed by atoms with Gasteiger partial charge in [0, 0.05) is 6.26 Å². The van der Waals surface area contributed by atoms with Gasteiger partial charge in [0.15, 0.2) is 9.84 Å². The average molecular weight is 295 g/mol. The van der Waals surface area contributed by atoms with Crippen molar-refractivity contribution in [3.63, 3.8) is 0 Å². The van der Waals surface area contributed by atoms with Crippen LogP contribution in [0, 0.1) is 0 Å². The number of sulfone groups is 1. The van der Waals surface area contributed by atoms with Gasteiger partial charge in [-0.15, -0.1) is 0 Å². The first-order valence-corrected chi connectivity index (χ1v) is 8.18. The van der Waals surface area contributed by atoms with Crippen molar-refractivity contribution in [2.24, 2.45) is 0 Å². The number of aromatic nitrogens is 2. The minimum absolute atomic E-state index is 0.390. The number of carbonyl (C=O) groups excluding carboxylic acids is 1. The first-order chi connectivity index (χ1) is 9.29. The van der Waals surface area contributed by atoms with Crippen LogP contribution in [0.25, 0.3) is 11.0 Å². The summed E-state index contributed by atoms with van der Waals surface area (Å²) in [4.78, 5) is 19.3. The summed E-state index contributed by atoms with van der Waals surface area (Å²) >= 11 is 0. The van der Waals surface area contributed by atoms with Crippen molar-refractivity contribution in [2.75, 3.05) is 6.26 Å². The Bertz CT molecular complexity index is 703. The molecule has 7 heteroatoms. The van der Waals surface area contributed by atoms with E-state index in [1.807, 2.05) is 24.3 Å². The number of rotatable bonds is 4. The highest BCUT2D eigenvalue weighted by Crippen LogP contribution is 2.15. The van der Waals surface area contributed by atoms with Gasteiger partial charge in [0.2, 0.25) is 5.91 Å². The molecule has 2 atom stereocenters. The molecule has 0 bridgehead atoms. The topological polar surface area (TPSA) is 91.9 Å². The van der Waals surface area contributed by atoms with Crippen molar-refractivity contribution < 1.29 is 13.2 Å². The molecule has 0 radical (unpaired) electrons. The number of nitrogens with one attached hydrogen (secondary N) is 2. The van der Waals surface area contributed by atoms with Crippen LogP contribution in [0.3, 0.4) is 0 Å². The van der Waals surface area contributed by atoms with Gasteiger partial charge in [0.25, 0.3) is 0 Å². The van der Waals surface area contributed by atoms with Gasteiger partial charge >= 0.3 is 0 Å². The molecule has 2 rings (SSSR count). The number of para-hydroxylation sites is 2. The Balaban J connectivity index is 2.16. The van der Waals surface area contributed by atoms with Gasteiger partial charge < -0.3 is 10.3 Å². The molecule has 2 aromatic rings. The minimum Gasteiger partial charge on any atom is -0.345 e. The Kier molecular flexibility index (Phi) is 3.80. The molecule has 108 valence electrons. The molecule has 0 aliphatic rings. The minimum atomic E-state index is -3.40. The predicted octanol–water partition coefficient (Wildman–Crippen LogP) is 1.17. The number of benzene rings is 1. The number of fused-ring (bicyclic) bond motifs is 1. The summed E-state index contributed by atoms with van der Waals surface area (Å²) in [5.41, 5.74) is 1.68. The maximum Gasteiger partial charge on any atom is 0.238 e. The van der Waals surface area contributed by atoms with Crippen LogP contribution in [-0.4, -0.2) is 35.8 Å². The van der Waals surface area contributed by atoms with E-state index in [0.717, 1.165) is 17.3 Å². The average Bonchev–Trinajstić information content (AvgIpc) is 2.80. The molecule has 20 heavy (non-hydrogen) atoms. The van der Waals surface area contributed by atoms with Crippen LogP contribution >= 0.6 is 0 Å². The zero-order valence-corrected chi connectivity index (χ0v) is 12.4. The Labute approximate surface area is 117 Å². The van der Waals surface area contributed by atoms with E-state index in [0.29, 0.717) is 5.82 Å². The maximum absolute atomic E-state index is 11.9.